The van der Waals surface area contributed by atoms with Crippen molar-refractivity contribution >= 4 is 0 Å². The third-order valence-corrected chi connectivity index (χ3v) is 2.89. The fourth-order valence-corrected chi connectivity index (χ4v) is 1.84. The van der Waals surface area contributed by atoms with Gasteiger partial charge >= 0.3 is 0 Å². The molecule has 0 aliphatic carbocycles. The third-order valence-electron chi connectivity index (χ3n) is 2.89. The molecule has 0 aliphatic rings. The summed E-state index contributed by atoms with van der Waals surface area (Å²) in [5.41, 5.74) is 3.26. The average Bonchev–Trinajstić information content (AvgIpc) is 2.44. The molecule has 1 aromatic carbocycles. The number of hydrogen-bond donors (Lipinski definition) is 1. The molecule has 2 aromatic rings. The van der Waals surface area contributed by atoms with Crippen molar-refractivity contribution in [3.8, 4) is 11.4 Å². The molecule has 0 amide bonds. The zero-order valence-corrected chi connectivity index (χ0v) is 11.4. The molecule has 0 saturated heterocycles. The third kappa shape index (κ3) is 3.84. The van der Waals surface area contributed by atoms with Crippen LogP contribution < -0.4 is 5.32 Å². The second kappa shape index (κ2) is 6.97. The highest BCUT2D eigenvalue weighted by Gasteiger charge is 2.04. The van der Waals surface area contributed by atoms with E-state index in [9.17, 15) is 0 Å². The summed E-state index contributed by atoms with van der Waals surface area (Å²) in [7, 11) is 1.70. The minimum absolute atomic E-state index is 0.704. The first-order chi connectivity index (χ1) is 9.31. The highest BCUT2D eigenvalue weighted by molar-refractivity contribution is 5.59. The molecule has 4 nitrogen and oxygen atoms in total. The Hall–Kier alpha value is -1.78. The molecule has 0 saturated carbocycles. The van der Waals surface area contributed by atoms with Crippen molar-refractivity contribution in [1.82, 2.24) is 15.3 Å². The molecule has 0 atom stereocenters. The summed E-state index contributed by atoms with van der Waals surface area (Å²) in [5, 5.41) is 3.28. The van der Waals surface area contributed by atoms with Gasteiger partial charge in [0.2, 0.25) is 0 Å². The molecule has 19 heavy (non-hydrogen) atoms. The van der Waals surface area contributed by atoms with E-state index in [1.165, 1.54) is 5.56 Å². The Morgan fingerprint density at radius 3 is 2.84 bits per heavy atom. The Bertz CT molecular complexity index is 528. The van der Waals surface area contributed by atoms with Crippen LogP contribution in [0, 0.1) is 6.92 Å². The standard InChI is InChI=1S/C15H19N3O/c1-12-5-3-4-6-14(12)15-17-8-7-13(18-15)11-16-9-10-19-2/h3-8,16H,9-11H2,1-2H3. The number of nitrogens with zero attached hydrogens (tertiary/aromatic N) is 2. The minimum Gasteiger partial charge on any atom is -0.383 e. The lowest BCUT2D eigenvalue weighted by atomic mass is 10.1. The molecule has 1 aromatic heterocycles. The van der Waals surface area contributed by atoms with Crippen LogP contribution in [-0.2, 0) is 11.3 Å². The zero-order chi connectivity index (χ0) is 13.5. The molecule has 1 N–H and O–H groups in total. The van der Waals surface area contributed by atoms with Gasteiger partial charge in [-0.2, -0.15) is 0 Å². The number of ether oxygens (including phenoxy) is 1. The zero-order valence-electron chi connectivity index (χ0n) is 11.4. The van der Waals surface area contributed by atoms with Crippen LogP contribution >= 0.6 is 0 Å². The van der Waals surface area contributed by atoms with Crippen LogP contribution in [0.4, 0.5) is 0 Å². The minimum atomic E-state index is 0.704. The normalized spacial score (nSPS) is 10.6. The predicted molar refractivity (Wildman–Crippen MR) is 75.8 cm³/mol. The first-order valence-corrected chi connectivity index (χ1v) is 6.39. The van der Waals surface area contributed by atoms with Gasteiger partial charge in [0, 0.05) is 32.0 Å². The summed E-state index contributed by atoms with van der Waals surface area (Å²) in [5.74, 6) is 0.782. The Balaban J connectivity index is 2.09. The van der Waals surface area contributed by atoms with Gasteiger partial charge in [0.1, 0.15) is 0 Å². The van der Waals surface area contributed by atoms with Crippen LogP contribution in [0.25, 0.3) is 11.4 Å². The molecule has 4 heteroatoms. The van der Waals surface area contributed by atoms with E-state index in [1.54, 1.807) is 7.11 Å². The van der Waals surface area contributed by atoms with Crippen LogP contribution in [0.5, 0.6) is 0 Å². The van der Waals surface area contributed by atoms with E-state index < -0.39 is 0 Å². The van der Waals surface area contributed by atoms with Crippen LogP contribution in [0.15, 0.2) is 36.5 Å². The lowest BCUT2D eigenvalue weighted by molar-refractivity contribution is 0.199. The number of rotatable bonds is 6. The van der Waals surface area contributed by atoms with Crippen molar-refractivity contribution in [3.05, 3.63) is 47.8 Å². The molecule has 0 spiro atoms. The van der Waals surface area contributed by atoms with Gasteiger partial charge in [0.25, 0.3) is 0 Å². The number of nitrogens with one attached hydrogen (secondary N) is 1. The number of methoxy groups -OCH3 is 1. The second-order valence-corrected chi connectivity index (χ2v) is 4.36. The van der Waals surface area contributed by atoms with Crippen molar-refractivity contribution in [3.63, 3.8) is 0 Å². The molecular formula is C15H19N3O. The number of benzene rings is 1. The monoisotopic (exact) mass is 257 g/mol. The van der Waals surface area contributed by atoms with E-state index in [0.29, 0.717) is 6.61 Å². The van der Waals surface area contributed by atoms with Gasteiger partial charge in [-0.05, 0) is 18.6 Å². The maximum atomic E-state index is 4.99. The lowest BCUT2D eigenvalue weighted by Crippen LogP contribution is -2.19. The number of aromatic nitrogens is 2. The highest BCUT2D eigenvalue weighted by Crippen LogP contribution is 2.18. The van der Waals surface area contributed by atoms with Gasteiger partial charge in [-0.3, -0.25) is 0 Å². The van der Waals surface area contributed by atoms with E-state index in [0.717, 1.165) is 30.2 Å². The van der Waals surface area contributed by atoms with Gasteiger partial charge in [0.15, 0.2) is 5.82 Å². The van der Waals surface area contributed by atoms with Gasteiger partial charge in [-0.25, -0.2) is 9.97 Å². The first kappa shape index (κ1) is 13.6. The Morgan fingerprint density at radius 2 is 2.05 bits per heavy atom. The van der Waals surface area contributed by atoms with Gasteiger partial charge in [-0.15, -0.1) is 0 Å². The largest absolute Gasteiger partial charge is 0.383 e. The summed E-state index contributed by atoms with van der Waals surface area (Å²) in [6, 6.07) is 10.1. The predicted octanol–water partition coefficient (Wildman–Crippen LogP) is 2.19. The maximum Gasteiger partial charge on any atom is 0.159 e. The molecule has 2 rings (SSSR count). The van der Waals surface area contributed by atoms with Crippen LogP contribution in [0.3, 0.4) is 0 Å². The van der Waals surface area contributed by atoms with Crippen molar-refractivity contribution < 1.29 is 4.74 Å². The second-order valence-electron chi connectivity index (χ2n) is 4.36. The Kier molecular flexibility index (Phi) is 5.01. The summed E-state index contributed by atoms with van der Waals surface area (Å²) < 4.78 is 4.99. The topological polar surface area (TPSA) is 47.0 Å². The van der Waals surface area contributed by atoms with E-state index in [2.05, 4.69) is 28.3 Å². The number of hydrogen-bond acceptors (Lipinski definition) is 4. The van der Waals surface area contributed by atoms with Gasteiger partial charge in [-0.1, -0.05) is 24.3 Å². The van der Waals surface area contributed by atoms with Crippen LogP contribution in [0.2, 0.25) is 0 Å². The molecule has 0 aliphatic heterocycles. The first-order valence-electron chi connectivity index (χ1n) is 6.39. The summed E-state index contributed by atoms with van der Waals surface area (Å²) in [6.45, 7) is 4.32. The quantitative estimate of drug-likeness (QED) is 0.806. The summed E-state index contributed by atoms with van der Waals surface area (Å²) in [6.07, 6.45) is 1.81. The fraction of sp³-hybridized carbons (Fsp3) is 0.333. The smallest absolute Gasteiger partial charge is 0.159 e. The fourth-order valence-electron chi connectivity index (χ4n) is 1.84. The van der Waals surface area contributed by atoms with E-state index in [-0.39, 0.29) is 0 Å². The van der Waals surface area contributed by atoms with E-state index in [1.807, 2.05) is 30.5 Å². The van der Waals surface area contributed by atoms with Crippen molar-refractivity contribution in [2.45, 2.75) is 13.5 Å². The summed E-state index contributed by atoms with van der Waals surface area (Å²) in [4.78, 5) is 8.94. The molecule has 0 unspecified atom stereocenters. The Labute approximate surface area is 113 Å². The van der Waals surface area contributed by atoms with E-state index in [4.69, 9.17) is 4.74 Å². The number of aryl methyl sites for hydroxylation is 1. The van der Waals surface area contributed by atoms with Crippen molar-refractivity contribution in [1.29, 1.82) is 0 Å². The van der Waals surface area contributed by atoms with Gasteiger partial charge in [0.05, 0.1) is 12.3 Å². The van der Waals surface area contributed by atoms with Gasteiger partial charge < -0.3 is 10.1 Å². The van der Waals surface area contributed by atoms with Crippen molar-refractivity contribution in [2.75, 3.05) is 20.3 Å². The SMILES string of the molecule is COCCNCc1ccnc(-c2ccccc2C)n1. The van der Waals surface area contributed by atoms with Crippen LogP contribution in [0.1, 0.15) is 11.3 Å². The molecule has 0 radical (unpaired) electrons. The molecule has 100 valence electrons. The average molecular weight is 257 g/mol. The molecule has 1 heterocycles. The molecule has 0 fully saturated rings. The molecule has 0 bridgehead atoms. The van der Waals surface area contributed by atoms with Crippen molar-refractivity contribution in [2.24, 2.45) is 0 Å². The van der Waals surface area contributed by atoms with Crippen LogP contribution in [-0.4, -0.2) is 30.2 Å². The summed E-state index contributed by atoms with van der Waals surface area (Å²) >= 11 is 0. The Morgan fingerprint density at radius 1 is 1.21 bits per heavy atom. The van der Waals surface area contributed by atoms with E-state index >= 15 is 0 Å². The maximum absolute atomic E-state index is 4.99. The lowest BCUT2D eigenvalue weighted by Gasteiger charge is -2.07. The highest BCUT2D eigenvalue weighted by atomic mass is 16.5. The molecular weight excluding hydrogens is 238 g/mol.